The smallest absolute Gasteiger partial charge is 0.416 e. The number of ether oxygens (including phenoxy) is 2. The molecule has 35 heavy (non-hydrogen) atoms. The van der Waals surface area contributed by atoms with Crippen LogP contribution < -0.4 is 5.32 Å². The molecule has 0 saturated carbocycles. The minimum absolute atomic E-state index is 0.0598. The molecule has 1 saturated heterocycles. The lowest BCUT2D eigenvalue weighted by molar-refractivity contribution is -0.137. The second-order valence-corrected chi connectivity index (χ2v) is 9.55. The second-order valence-electron chi connectivity index (χ2n) is 9.55. The number of benzene rings is 1. The van der Waals surface area contributed by atoms with Crippen molar-refractivity contribution in [2.75, 3.05) is 26.4 Å². The van der Waals surface area contributed by atoms with Gasteiger partial charge in [-0.05, 0) is 55.4 Å². The second kappa shape index (κ2) is 10.0. The molecule has 4 rings (SSSR count). The van der Waals surface area contributed by atoms with E-state index in [1.807, 2.05) is 18.5 Å². The molecule has 0 unspecified atom stereocenters. The predicted octanol–water partition coefficient (Wildman–Crippen LogP) is 4.04. The predicted molar refractivity (Wildman–Crippen MR) is 121 cm³/mol. The van der Waals surface area contributed by atoms with E-state index in [2.05, 4.69) is 5.32 Å². The molecule has 1 aromatic carbocycles. The summed E-state index contributed by atoms with van der Waals surface area (Å²) in [6.07, 6.45) is -1.40. The van der Waals surface area contributed by atoms with Crippen molar-refractivity contribution in [3.8, 4) is 0 Å². The molecule has 0 bridgehead atoms. The summed E-state index contributed by atoms with van der Waals surface area (Å²) in [6.45, 7) is 6.31. The Bertz CT molecular complexity index is 1070. The van der Waals surface area contributed by atoms with Crippen molar-refractivity contribution in [3.63, 3.8) is 0 Å². The van der Waals surface area contributed by atoms with Gasteiger partial charge in [0, 0.05) is 32.2 Å². The fourth-order valence-corrected chi connectivity index (χ4v) is 4.77. The molecule has 2 aliphatic rings. The maximum atomic E-state index is 12.9. The number of nitrogens with one attached hydrogen (secondary N) is 1. The zero-order valence-corrected chi connectivity index (χ0v) is 19.9. The highest BCUT2D eigenvalue weighted by molar-refractivity contribution is 5.97. The number of hydrogen-bond donors (Lipinski definition) is 1. The first-order valence-corrected chi connectivity index (χ1v) is 11.9. The molecule has 1 N–H and O–H groups in total. The van der Waals surface area contributed by atoms with Gasteiger partial charge in [0.05, 0.1) is 34.7 Å². The summed E-state index contributed by atoms with van der Waals surface area (Å²) in [6, 6.07) is 3.95. The number of amides is 1. The minimum Gasteiger partial charge on any atom is -0.462 e. The van der Waals surface area contributed by atoms with Crippen molar-refractivity contribution < 1.29 is 32.2 Å². The molecule has 0 aliphatic carbocycles. The van der Waals surface area contributed by atoms with Crippen molar-refractivity contribution in [3.05, 3.63) is 52.3 Å². The average molecular weight is 494 g/mol. The standard InChI is InChI=1S/C25H30F3N3O4/c1-3-19-21-20(12-24(15-29-22(21)32)8-10-34-11-9-24)31(30-19)13-16(2)14-35-23(33)17-4-6-18(7-5-17)25(26,27)28/h4-7,16H,3,8-15H2,1-2H3,(H,29,32)/t16-/m1/s1. The van der Waals surface area contributed by atoms with Crippen molar-refractivity contribution in [1.82, 2.24) is 15.1 Å². The van der Waals surface area contributed by atoms with Gasteiger partial charge in [0.15, 0.2) is 0 Å². The molecule has 190 valence electrons. The first-order valence-electron chi connectivity index (χ1n) is 11.9. The van der Waals surface area contributed by atoms with Crippen molar-refractivity contribution in [2.24, 2.45) is 11.3 Å². The maximum absolute atomic E-state index is 12.9. The van der Waals surface area contributed by atoms with Crippen molar-refractivity contribution >= 4 is 11.9 Å². The van der Waals surface area contributed by atoms with Crippen LogP contribution in [0.3, 0.4) is 0 Å². The number of rotatable bonds is 6. The number of aromatic nitrogens is 2. The summed E-state index contributed by atoms with van der Waals surface area (Å²) >= 11 is 0. The number of alkyl halides is 3. The first kappa shape index (κ1) is 25.2. The van der Waals surface area contributed by atoms with E-state index in [1.54, 1.807) is 0 Å². The van der Waals surface area contributed by atoms with Crippen LogP contribution in [-0.4, -0.2) is 48.0 Å². The first-order chi connectivity index (χ1) is 16.6. The highest BCUT2D eigenvalue weighted by Gasteiger charge is 2.39. The molecule has 1 fully saturated rings. The molecular weight excluding hydrogens is 463 g/mol. The summed E-state index contributed by atoms with van der Waals surface area (Å²) in [4.78, 5) is 25.3. The van der Waals surface area contributed by atoms with Gasteiger partial charge in [-0.2, -0.15) is 18.3 Å². The molecular formula is C25H30F3N3O4. The summed E-state index contributed by atoms with van der Waals surface area (Å²) in [5.74, 6) is -0.911. The summed E-state index contributed by atoms with van der Waals surface area (Å²) in [5, 5.41) is 7.80. The molecule has 2 aliphatic heterocycles. The third-order valence-corrected chi connectivity index (χ3v) is 6.84. The van der Waals surface area contributed by atoms with Crippen molar-refractivity contribution in [2.45, 2.75) is 52.3 Å². The Morgan fingerprint density at radius 2 is 1.94 bits per heavy atom. The van der Waals surface area contributed by atoms with E-state index in [1.165, 1.54) is 0 Å². The van der Waals surface area contributed by atoms with Crippen LogP contribution in [0.5, 0.6) is 0 Å². The summed E-state index contributed by atoms with van der Waals surface area (Å²) < 4.78 is 51.0. The zero-order valence-electron chi connectivity index (χ0n) is 19.9. The quantitative estimate of drug-likeness (QED) is 0.615. The van der Waals surface area contributed by atoms with Gasteiger partial charge in [0.2, 0.25) is 0 Å². The Hall–Kier alpha value is -2.88. The van der Waals surface area contributed by atoms with Gasteiger partial charge in [-0.15, -0.1) is 0 Å². The number of halogens is 3. The van der Waals surface area contributed by atoms with E-state index in [0.29, 0.717) is 38.3 Å². The Morgan fingerprint density at radius 1 is 1.26 bits per heavy atom. The van der Waals surface area contributed by atoms with E-state index in [0.717, 1.165) is 54.9 Å². The molecule has 1 amide bonds. The van der Waals surface area contributed by atoms with Gasteiger partial charge in [-0.1, -0.05) is 13.8 Å². The van der Waals surface area contributed by atoms with Crippen LogP contribution in [0.2, 0.25) is 0 Å². The van der Waals surface area contributed by atoms with E-state index >= 15 is 0 Å². The monoisotopic (exact) mass is 493 g/mol. The van der Waals surface area contributed by atoms with E-state index in [-0.39, 0.29) is 29.4 Å². The fraction of sp³-hybridized carbons (Fsp3) is 0.560. The van der Waals surface area contributed by atoms with E-state index in [9.17, 15) is 22.8 Å². The van der Waals surface area contributed by atoms with Crippen molar-refractivity contribution in [1.29, 1.82) is 0 Å². The third-order valence-electron chi connectivity index (χ3n) is 6.84. The molecule has 3 heterocycles. The van der Waals surface area contributed by atoms with Gasteiger partial charge in [0.25, 0.3) is 5.91 Å². The van der Waals surface area contributed by atoms with Gasteiger partial charge in [-0.25, -0.2) is 4.79 Å². The lowest BCUT2D eigenvalue weighted by Gasteiger charge is -2.36. The van der Waals surface area contributed by atoms with Gasteiger partial charge >= 0.3 is 12.1 Å². The molecule has 1 atom stereocenters. The lowest BCUT2D eigenvalue weighted by Crippen LogP contribution is -2.41. The van der Waals surface area contributed by atoms with E-state index < -0.39 is 17.7 Å². The van der Waals surface area contributed by atoms with Gasteiger partial charge in [0.1, 0.15) is 0 Å². The number of fused-ring (bicyclic) bond motifs is 1. The Kier molecular flexibility index (Phi) is 7.21. The van der Waals surface area contributed by atoms with Crippen LogP contribution in [-0.2, 0) is 35.0 Å². The van der Waals surface area contributed by atoms with E-state index in [4.69, 9.17) is 14.6 Å². The third kappa shape index (κ3) is 5.52. The number of nitrogens with zero attached hydrogens (tertiary/aromatic N) is 2. The lowest BCUT2D eigenvalue weighted by atomic mass is 9.76. The fourth-order valence-electron chi connectivity index (χ4n) is 4.77. The Labute approximate surface area is 202 Å². The number of hydrogen-bond acceptors (Lipinski definition) is 5. The van der Waals surface area contributed by atoms with Gasteiger partial charge in [-0.3, -0.25) is 9.48 Å². The Morgan fingerprint density at radius 3 is 2.57 bits per heavy atom. The normalized spacial score (nSPS) is 18.5. The number of carbonyl (C=O) groups excluding carboxylic acids is 2. The number of carbonyl (C=O) groups is 2. The molecule has 7 nitrogen and oxygen atoms in total. The Balaban J connectivity index is 1.45. The van der Waals surface area contributed by atoms with Crippen LogP contribution in [0, 0.1) is 11.3 Å². The maximum Gasteiger partial charge on any atom is 0.416 e. The molecule has 1 spiro atoms. The zero-order chi connectivity index (χ0) is 25.2. The molecule has 1 aromatic heterocycles. The minimum atomic E-state index is -4.46. The topological polar surface area (TPSA) is 82.5 Å². The van der Waals surface area contributed by atoms with Crippen LogP contribution in [0.15, 0.2) is 24.3 Å². The van der Waals surface area contributed by atoms with Crippen LogP contribution in [0.1, 0.15) is 64.4 Å². The highest BCUT2D eigenvalue weighted by Crippen LogP contribution is 2.37. The van der Waals surface area contributed by atoms with Crippen LogP contribution in [0.4, 0.5) is 13.2 Å². The molecule has 2 aromatic rings. The van der Waals surface area contributed by atoms with Crippen LogP contribution >= 0.6 is 0 Å². The summed E-state index contributed by atoms with van der Waals surface area (Å²) in [7, 11) is 0. The molecule has 10 heteroatoms. The average Bonchev–Trinajstić information content (AvgIpc) is 3.10. The number of esters is 1. The highest BCUT2D eigenvalue weighted by atomic mass is 19.4. The summed E-state index contributed by atoms with van der Waals surface area (Å²) in [5.41, 5.74) is 1.46. The number of aryl methyl sites for hydroxylation is 1. The molecule has 0 radical (unpaired) electrons. The SMILES string of the molecule is CCc1nn(C[C@@H](C)COC(=O)c2ccc(C(F)(F)F)cc2)c2c1C(=O)NCC1(CCOCC1)C2. The van der Waals surface area contributed by atoms with Crippen LogP contribution in [0.25, 0.3) is 0 Å². The largest absolute Gasteiger partial charge is 0.462 e. The van der Waals surface area contributed by atoms with Gasteiger partial charge < -0.3 is 14.8 Å².